The molecule has 7 heteroatoms. The van der Waals surface area contributed by atoms with E-state index in [0.717, 1.165) is 5.56 Å². The van der Waals surface area contributed by atoms with E-state index in [0.29, 0.717) is 5.75 Å². The highest BCUT2D eigenvalue weighted by Crippen LogP contribution is 2.13. The van der Waals surface area contributed by atoms with Crippen LogP contribution in [0.25, 0.3) is 6.08 Å². The van der Waals surface area contributed by atoms with E-state index in [-0.39, 0.29) is 24.9 Å². The molecule has 0 radical (unpaired) electrons. The van der Waals surface area contributed by atoms with Gasteiger partial charge in [0.15, 0.2) is 6.29 Å². The van der Waals surface area contributed by atoms with Crippen LogP contribution in [0.4, 0.5) is 0 Å². The first-order valence-electron chi connectivity index (χ1n) is 7.39. The third-order valence-corrected chi connectivity index (χ3v) is 3.26. The number of nitrogens with zero attached hydrogens (tertiary/aromatic N) is 1. The van der Waals surface area contributed by atoms with Gasteiger partial charge in [0, 0.05) is 27.3 Å². The number of ether oxygens (including phenoxy) is 3. The Morgan fingerprint density at radius 1 is 1.25 bits per heavy atom. The van der Waals surface area contributed by atoms with Crippen molar-refractivity contribution in [2.24, 2.45) is 0 Å². The van der Waals surface area contributed by atoms with E-state index >= 15 is 0 Å². The summed E-state index contributed by atoms with van der Waals surface area (Å²) in [5, 5.41) is 2.64. The minimum atomic E-state index is -0.511. The Morgan fingerprint density at radius 2 is 1.96 bits per heavy atom. The SMILES string of the molecule is COc1cccc(/C=C/C(=O)N(C)CC(=O)NCC(OC)OC)c1. The van der Waals surface area contributed by atoms with E-state index < -0.39 is 6.29 Å². The van der Waals surface area contributed by atoms with Crippen LogP contribution in [0.5, 0.6) is 5.75 Å². The largest absolute Gasteiger partial charge is 0.497 e. The lowest BCUT2D eigenvalue weighted by Crippen LogP contribution is -2.41. The summed E-state index contributed by atoms with van der Waals surface area (Å²) in [6, 6.07) is 7.33. The van der Waals surface area contributed by atoms with E-state index in [1.807, 2.05) is 24.3 Å². The number of benzene rings is 1. The van der Waals surface area contributed by atoms with Gasteiger partial charge in [0.25, 0.3) is 0 Å². The van der Waals surface area contributed by atoms with Crippen molar-refractivity contribution in [3.05, 3.63) is 35.9 Å². The molecule has 24 heavy (non-hydrogen) atoms. The Morgan fingerprint density at radius 3 is 2.58 bits per heavy atom. The van der Waals surface area contributed by atoms with Crippen LogP contribution in [-0.2, 0) is 19.1 Å². The van der Waals surface area contributed by atoms with E-state index in [9.17, 15) is 9.59 Å². The second kappa shape index (κ2) is 10.4. The smallest absolute Gasteiger partial charge is 0.246 e. The predicted molar refractivity (Wildman–Crippen MR) is 90.5 cm³/mol. The number of carbonyl (C=O) groups is 2. The third-order valence-electron chi connectivity index (χ3n) is 3.26. The van der Waals surface area contributed by atoms with E-state index in [4.69, 9.17) is 14.2 Å². The van der Waals surface area contributed by atoms with Gasteiger partial charge in [0.1, 0.15) is 5.75 Å². The number of methoxy groups -OCH3 is 3. The van der Waals surface area contributed by atoms with Gasteiger partial charge in [0.05, 0.1) is 20.2 Å². The first-order valence-corrected chi connectivity index (χ1v) is 7.39. The molecule has 0 aliphatic heterocycles. The van der Waals surface area contributed by atoms with Gasteiger partial charge in [0.2, 0.25) is 11.8 Å². The molecule has 132 valence electrons. The topological polar surface area (TPSA) is 77.1 Å². The van der Waals surface area contributed by atoms with E-state index in [1.54, 1.807) is 20.2 Å². The van der Waals surface area contributed by atoms with Crippen molar-refractivity contribution in [2.45, 2.75) is 6.29 Å². The highest BCUT2D eigenvalue weighted by molar-refractivity contribution is 5.94. The maximum absolute atomic E-state index is 12.0. The molecule has 0 fully saturated rings. The number of hydrogen-bond donors (Lipinski definition) is 1. The van der Waals surface area contributed by atoms with Crippen molar-refractivity contribution >= 4 is 17.9 Å². The summed E-state index contributed by atoms with van der Waals surface area (Å²) in [6.07, 6.45) is 2.57. The number of likely N-dealkylation sites (N-methyl/N-ethyl adjacent to an activating group) is 1. The standard InChI is InChI=1S/C17H24N2O5/c1-19(12-15(20)18-11-17(23-3)24-4)16(21)9-8-13-6-5-7-14(10-13)22-2/h5-10,17H,11-12H2,1-4H3,(H,18,20)/b9-8+. The summed E-state index contributed by atoms with van der Waals surface area (Å²) in [7, 11) is 6.11. The van der Waals surface area contributed by atoms with Crippen LogP contribution < -0.4 is 10.1 Å². The fraction of sp³-hybridized carbons (Fsp3) is 0.412. The predicted octanol–water partition coefficient (Wildman–Crippen LogP) is 0.902. The number of carbonyl (C=O) groups excluding carboxylic acids is 2. The van der Waals surface area contributed by atoms with Gasteiger partial charge >= 0.3 is 0 Å². The van der Waals surface area contributed by atoms with E-state index in [1.165, 1.54) is 25.2 Å². The average molecular weight is 336 g/mol. The Balaban J connectivity index is 2.49. The molecular weight excluding hydrogens is 312 g/mol. The normalized spacial score (nSPS) is 10.9. The zero-order valence-corrected chi connectivity index (χ0v) is 14.4. The lowest BCUT2D eigenvalue weighted by molar-refractivity contribution is -0.133. The van der Waals surface area contributed by atoms with Crippen LogP contribution in [-0.4, -0.2) is 64.5 Å². The molecule has 0 heterocycles. The van der Waals surface area contributed by atoms with Crippen LogP contribution in [0, 0.1) is 0 Å². The summed E-state index contributed by atoms with van der Waals surface area (Å²) >= 11 is 0. The van der Waals surface area contributed by atoms with Crippen molar-refractivity contribution in [2.75, 3.05) is 41.5 Å². The molecular formula is C17H24N2O5. The minimum absolute atomic E-state index is 0.0541. The van der Waals surface area contributed by atoms with Crippen molar-refractivity contribution in [1.29, 1.82) is 0 Å². The molecule has 0 atom stereocenters. The lowest BCUT2D eigenvalue weighted by Gasteiger charge is -2.17. The number of nitrogens with one attached hydrogen (secondary N) is 1. The molecule has 1 N–H and O–H groups in total. The molecule has 7 nitrogen and oxygen atoms in total. The molecule has 0 saturated heterocycles. The molecule has 1 rings (SSSR count). The average Bonchev–Trinajstić information content (AvgIpc) is 2.60. The van der Waals surface area contributed by atoms with Gasteiger partial charge in [-0.15, -0.1) is 0 Å². The first kappa shape index (κ1) is 19.7. The second-order valence-electron chi connectivity index (χ2n) is 5.01. The molecule has 1 aromatic rings. The monoisotopic (exact) mass is 336 g/mol. The van der Waals surface area contributed by atoms with Crippen molar-refractivity contribution in [3.8, 4) is 5.75 Å². The summed E-state index contributed by atoms with van der Waals surface area (Å²) in [6.45, 7) is 0.162. The quantitative estimate of drug-likeness (QED) is 0.536. The molecule has 0 aromatic heterocycles. The third kappa shape index (κ3) is 6.80. The summed E-state index contributed by atoms with van der Waals surface area (Å²) < 4.78 is 15.1. The van der Waals surface area contributed by atoms with Gasteiger partial charge in [-0.25, -0.2) is 0 Å². The van der Waals surface area contributed by atoms with Crippen LogP contribution in [0.15, 0.2) is 30.3 Å². The van der Waals surface area contributed by atoms with Crippen molar-refractivity contribution < 1.29 is 23.8 Å². The first-order chi connectivity index (χ1) is 11.5. The Bertz CT molecular complexity index is 570. The number of rotatable bonds is 9. The molecule has 2 amide bonds. The van der Waals surface area contributed by atoms with Crippen LogP contribution in [0.1, 0.15) is 5.56 Å². The van der Waals surface area contributed by atoms with Crippen molar-refractivity contribution in [1.82, 2.24) is 10.2 Å². The Kier molecular flexibility index (Phi) is 8.53. The maximum Gasteiger partial charge on any atom is 0.246 e. The summed E-state index contributed by atoms with van der Waals surface area (Å²) in [4.78, 5) is 25.2. The Labute approximate surface area is 142 Å². The maximum atomic E-state index is 12.0. The fourth-order valence-corrected chi connectivity index (χ4v) is 1.85. The molecule has 0 unspecified atom stereocenters. The highest BCUT2D eigenvalue weighted by Gasteiger charge is 2.12. The van der Waals surface area contributed by atoms with Gasteiger partial charge < -0.3 is 24.4 Å². The zero-order chi connectivity index (χ0) is 17.9. The number of amides is 2. The van der Waals surface area contributed by atoms with Gasteiger partial charge in [-0.1, -0.05) is 12.1 Å². The lowest BCUT2D eigenvalue weighted by atomic mass is 10.2. The Hall–Kier alpha value is -2.38. The van der Waals surface area contributed by atoms with Crippen LogP contribution in [0.3, 0.4) is 0 Å². The van der Waals surface area contributed by atoms with Gasteiger partial charge in [-0.05, 0) is 23.8 Å². The zero-order valence-electron chi connectivity index (χ0n) is 14.4. The molecule has 0 bridgehead atoms. The van der Waals surface area contributed by atoms with Gasteiger partial charge in [-0.3, -0.25) is 9.59 Å². The molecule has 0 aliphatic carbocycles. The summed E-state index contributed by atoms with van der Waals surface area (Å²) in [5.74, 6) is 0.144. The molecule has 1 aromatic carbocycles. The fourth-order valence-electron chi connectivity index (χ4n) is 1.85. The van der Waals surface area contributed by atoms with Crippen LogP contribution in [0.2, 0.25) is 0 Å². The number of hydrogen-bond acceptors (Lipinski definition) is 5. The summed E-state index contributed by atoms with van der Waals surface area (Å²) in [5.41, 5.74) is 0.837. The van der Waals surface area contributed by atoms with Gasteiger partial charge in [-0.2, -0.15) is 0 Å². The molecule has 0 aliphatic rings. The second-order valence-corrected chi connectivity index (χ2v) is 5.01. The van der Waals surface area contributed by atoms with Crippen molar-refractivity contribution in [3.63, 3.8) is 0 Å². The van der Waals surface area contributed by atoms with E-state index in [2.05, 4.69) is 5.32 Å². The highest BCUT2D eigenvalue weighted by atomic mass is 16.7. The molecule has 0 saturated carbocycles. The molecule has 0 spiro atoms. The van der Waals surface area contributed by atoms with Crippen LogP contribution >= 0.6 is 0 Å². The minimum Gasteiger partial charge on any atom is -0.497 e.